The van der Waals surface area contributed by atoms with Gasteiger partial charge in [0.2, 0.25) is 0 Å². The molecule has 0 aliphatic heterocycles. The van der Waals surface area contributed by atoms with Crippen LogP contribution in [-0.4, -0.2) is 33.2 Å². The van der Waals surface area contributed by atoms with Gasteiger partial charge in [0.1, 0.15) is 18.2 Å². The molecule has 0 aliphatic carbocycles. The van der Waals surface area contributed by atoms with Gasteiger partial charge in [-0.2, -0.15) is 5.10 Å². The van der Waals surface area contributed by atoms with Gasteiger partial charge in [-0.15, -0.1) is 0 Å². The molecule has 1 amide bonds. The molecule has 29 heavy (non-hydrogen) atoms. The van der Waals surface area contributed by atoms with Crippen molar-refractivity contribution in [3.8, 4) is 11.5 Å². The number of benzene rings is 2. The van der Waals surface area contributed by atoms with Crippen molar-refractivity contribution >= 4 is 23.5 Å². The highest BCUT2D eigenvalue weighted by molar-refractivity contribution is 6.07. The molecular formula is C21H18FN3O4. The largest absolute Gasteiger partial charge is 0.453 e. The smallest absolute Gasteiger partial charge is 0.259 e. The number of nitrogens with zero attached hydrogens (tertiary/aromatic N) is 2. The Morgan fingerprint density at radius 3 is 2.79 bits per heavy atom. The zero-order valence-corrected chi connectivity index (χ0v) is 15.5. The molecule has 1 aromatic heterocycles. The van der Waals surface area contributed by atoms with Crippen molar-refractivity contribution in [2.75, 3.05) is 11.9 Å². The van der Waals surface area contributed by atoms with E-state index in [0.717, 1.165) is 6.08 Å². The van der Waals surface area contributed by atoms with Crippen molar-refractivity contribution in [1.82, 2.24) is 9.78 Å². The number of anilines is 1. The van der Waals surface area contributed by atoms with Gasteiger partial charge in [-0.1, -0.05) is 12.1 Å². The van der Waals surface area contributed by atoms with Crippen molar-refractivity contribution in [2.24, 2.45) is 7.05 Å². The van der Waals surface area contributed by atoms with E-state index in [1.54, 1.807) is 42.2 Å². The predicted molar refractivity (Wildman–Crippen MR) is 105 cm³/mol. The van der Waals surface area contributed by atoms with E-state index in [1.807, 2.05) is 0 Å². The molecule has 0 fully saturated rings. The van der Waals surface area contributed by atoms with E-state index in [4.69, 9.17) is 9.84 Å². The van der Waals surface area contributed by atoms with E-state index in [0.29, 0.717) is 17.2 Å². The van der Waals surface area contributed by atoms with E-state index < -0.39 is 24.1 Å². The standard InChI is InChI=1S/C21H18FN3O4/c1-25-12-17(11-23-25)29-20-5-3-2-4-18(20)21(28)24-19-9-7-15(22)10-14(19)6-8-16(27)13-26/h2-12,26H,13H2,1H3,(H,24,28)/b8-6+. The van der Waals surface area contributed by atoms with E-state index in [1.165, 1.54) is 30.5 Å². The van der Waals surface area contributed by atoms with Crippen molar-refractivity contribution < 1.29 is 23.8 Å². The topological polar surface area (TPSA) is 93.5 Å². The van der Waals surface area contributed by atoms with Crippen molar-refractivity contribution in [3.63, 3.8) is 0 Å². The molecule has 3 rings (SSSR count). The summed E-state index contributed by atoms with van der Waals surface area (Å²) >= 11 is 0. The maximum atomic E-state index is 13.6. The Morgan fingerprint density at radius 2 is 2.07 bits per heavy atom. The van der Waals surface area contributed by atoms with E-state index >= 15 is 0 Å². The lowest BCUT2D eigenvalue weighted by atomic mass is 10.1. The van der Waals surface area contributed by atoms with Crippen molar-refractivity contribution in [2.45, 2.75) is 0 Å². The molecule has 7 nitrogen and oxygen atoms in total. The summed E-state index contributed by atoms with van der Waals surface area (Å²) in [6.07, 6.45) is 5.63. The van der Waals surface area contributed by atoms with Crippen LogP contribution in [0.1, 0.15) is 15.9 Å². The molecule has 3 aromatic rings. The fourth-order valence-electron chi connectivity index (χ4n) is 2.53. The SMILES string of the molecule is Cn1cc(Oc2ccccc2C(=O)Nc2ccc(F)cc2/C=C/C(=O)CO)cn1. The molecule has 0 radical (unpaired) electrons. The number of rotatable bonds is 7. The van der Waals surface area contributed by atoms with Crippen LogP contribution < -0.4 is 10.1 Å². The van der Waals surface area contributed by atoms with Gasteiger partial charge in [-0.05, 0) is 42.5 Å². The van der Waals surface area contributed by atoms with E-state index in [9.17, 15) is 14.0 Å². The van der Waals surface area contributed by atoms with Gasteiger partial charge in [0.05, 0.1) is 18.0 Å². The van der Waals surface area contributed by atoms with Gasteiger partial charge in [-0.25, -0.2) is 4.39 Å². The van der Waals surface area contributed by atoms with Crippen LogP contribution >= 0.6 is 0 Å². The molecular weight excluding hydrogens is 377 g/mol. The second kappa shape index (κ2) is 8.94. The van der Waals surface area contributed by atoms with Crippen LogP contribution in [0.3, 0.4) is 0 Å². The van der Waals surface area contributed by atoms with Crippen LogP contribution in [0.15, 0.2) is 60.9 Å². The Balaban J connectivity index is 1.86. The molecule has 0 saturated carbocycles. The number of aliphatic hydroxyl groups excluding tert-OH is 1. The monoisotopic (exact) mass is 395 g/mol. The first-order valence-electron chi connectivity index (χ1n) is 8.64. The summed E-state index contributed by atoms with van der Waals surface area (Å²) in [6.45, 7) is -0.660. The predicted octanol–water partition coefficient (Wildman–Crippen LogP) is 3.18. The Bertz CT molecular complexity index is 1080. The maximum absolute atomic E-state index is 13.6. The second-order valence-electron chi connectivity index (χ2n) is 6.09. The highest BCUT2D eigenvalue weighted by atomic mass is 19.1. The highest BCUT2D eigenvalue weighted by Crippen LogP contribution is 2.26. The third-order valence-corrected chi connectivity index (χ3v) is 3.91. The third kappa shape index (κ3) is 5.14. The number of aryl methyl sites for hydroxylation is 1. The van der Waals surface area contributed by atoms with Crippen LogP contribution in [0.4, 0.5) is 10.1 Å². The molecule has 2 N–H and O–H groups in total. The number of ether oxygens (including phenoxy) is 1. The lowest BCUT2D eigenvalue weighted by molar-refractivity contribution is -0.117. The summed E-state index contributed by atoms with van der Waals surface area (Å²) in [5.41, 5.74) is 0.849. The molecule has 1 heterocycles. The summed E-state index contributed by atoms with van der Waals surface area (Å²) in [4.78, 5) is 24.1. The minimum absolute atomic E-state index is 0.266. The van der Waals surface area contributed by atoms with E-state index in [-0.39, 0.29) is 11.1 Å². The van der Waals surface area contributed by atoms with Gasteiger partial charge < -0.3 is 15.2 Å². The Hall–Kier alpha value is -3.78. The van der Waals surface area contributed by atoms with Crippen molar-refractivity contribution in [1.29, 1.82) is 0 Å². The number of hydrogen-bond acceptors (Lipinski definition) is 5. The fraction of sp³-hybridized carbons (Fsp3) is 0.0952. The van der Waals surface area contributed by atoms with E-state index in [2.05, 4.69) is 10.4 Å². The Morgan fingerprint density at radius 1 is 1.28 bits per heavy atom. The molecule has 0 saturated heterocycles. The molecule has 0 bridgehead atoms. The zero-order chi connectivity index (χ0) is 20.8. The summed E-state index contributed by atoms with van der Waals surface area (Å²) < 4.78 is 20.9. The lowest BCUT2D eigenvalue weighted by Gasteiger charge is -2.12. The maximum Gasteiger partial charge on any atom is 0.259 e. The molecule has 0 atom stereocenters. The van der Waals surface area contributed by atoms with Gasteiger partial charge >= 0.3 is 0 Å². The second-order valence-corrected chi connectivity index (χ2v) is 6.09. The lowest BCUT2D eigenvalue weighted by Crippen LogP contribution is -2.14. The average molecular weight is 395 g/mol. The highest BCUT2D eigenvalue weighted by Gasteiger charge is 2.15. The number of carbonyl (C=O) groups is 2. The first-order chi connectivity index (χ1) is 14.0. The Labute approximate surface area is 166 Å². The number of ketones is 1. The van der Waals surface area contributed by atoms with Crippen LogP contribution in [0.25, 0.3) is 6.08 Å². The quantitative estimate of drug-likeness (QED) is 0.600. The fourth-order valence-corrected chi connectivity index (χ4v) is 2.53. The van der Waals surface area contributed by atoms with Crippen molar-refractivity contribution in [3.05, 3.63) is 77.9 Å². The summed E-state index contributed by atoms with van der Waals surface area (Å²) in [5.74, 6) is -0.742. The van der Waals surface area contributed by atoms with Crippen LogP contribution in [0, 0.1) is 5.82 Å². The number of hydrogen-bond donors (Lipinski definition) is 2. The average Bonchev–Trinajstić information content (AvgIpc) is 3.12. The number of nitrogens with one attached hydrogen (secondary N) is 1. The first kappa shape index (κ1) is 20.0. The number of aliphatic hydroxyl groups is 1. The number of para-hydroxylation sites is 1. The third-order valence-electron chi connectivity index (χ3n) is 3.91. The molecule has 0 aliphatic rings. The van der Waals surface area contributed by atoms with Gasteiger partial charge in [0.15, 0.2) is 11.5 Å². The molecule has 148 valence electrons. The zero-order valence-electron chi connectivity index (χ0n) is 15.5. The molecule has 0 unspecified atom stereocenters. The first-order valence-corrected chi connectivity index (χ1v) is 8.64. The van der Waals surface area contributed by atoms with Crippen LogP contribution in [0.2, 0.25) is 0 Å². The normalized spacial score (nSPS) is 10.9. The minimum Gasteiger partial charge on any atom is -0.453 e. The number of amides is 1. The summed E-state index contributed by atoms with van der Waals surface area (Å²) in [7, 11) is 1.75. The molecule has 8 heteroatoms. The number of halogens is 1. The minimum atomic E-state index is -0.660. The number of aromatic nitrogens is 2. The van der Waals surface area contributed by atoms with Crippen LogP contribution in [-0.2, 0) is 11.8 Å². The van der Waals surface area contributed by atoms with Gasteiger partial charge in [-0.3, -0.25) is 14.3 Å². The summed E-state index contributed by atoms with van der Waals surface area (Å²) in [5, 5.41) is 15.5. The molecule has 2 aromatic carbocycles. The Kier molecular flexibility index (Phi) is 6.16. The molecule has 0 spiro atoms. The van der Waals surface area contributed by atoms with Crippen LogP contribution in [0.5, 0.6) is 11.5 Å². The number of carbonyl (C=O) groups excluding carboxylic acids is 2. The van der Waals surface area contributed by atoms with Gasteiger partial charge in [0, 0.05) is 18.3 Å². The van der Waals surface area contributed by atoms with Gasteiger partial charge in [0.25, 0.3) is 5.91 Å². The summed E-state index contributed by atoms with van der Waals surface area (Å²) in [6, 6.07) is 10.4.